The van der Waals surface area contributed by atoms with Crippen molar-refractivity contribution in [2.75, 3.05) is 26.2 Å². The number of ether oxygens (including phenoxy) is 1. The third-order valence-electron chi connectivity index (χ3n) is 7.31. The molecule has 5 nitrogen and oxygen atoms in total. The van der Waals surface area contributed by atoms with Gasteiger partial charge in [-0.15, -0.1) is 0 Å². The van der Waals surface area contributed by atoms with Crippen LogP contribution in [-0.2, 0) is 29.2 Å². The average Bonchev–Trinajstić information content (AvgIpc) is 3.20. The van der Waals surface area contributed by atoms with Crippen LogP contribution in [0.1, 0.15) is 48.9 Å². The zero-order valence-electron chi connectivity index (χ0n) is 21.2. The van der Waals surface area contributed by atoms with Crippen molar-refractivity contribution >= 4 is 6.03 Å². The fraction of sp³-hybridized carbons (Fsp3) is 0.519. The third-order valence-corrected chi connectivity index (χ3v) is 7.31. The molecular weight excluding hydrogens is 512 g/mol. The van der Waals surface area contributed by atoms with Gasteiger partial charge in [-0.1, -0.05) is 30.3 Å². The Hall–Kier alpha value is -2.79. The molecule has 11 heteroatoms. The van der Waals surface area contributed by atoms with Crippen molar-refractivity contribution in [1.29, 1.82) is 0 Å². The van der Waals surface area contributed by atoms with E-state index in [9.17, 15) is 31.1 Å². The zero-order valence-corrected chi connectivity index (χ0v) is 21.2. The minimum absolute atomic E-state index is 0.0217. The molecule has 2 aliphatic heterocycles. The van der Waals surface area contributed by atoms with Gasteiger partial charge in [0.1, 0.15) is 5.54 Å². The summed E-state index contributed by atoms with van der Waals surface area (Å²) < 4.78 is 85.3. The Bertz CT molecular complexity index is 1080. The van der Waals surface area contributed by atoms with E-state index in [2.05, 4.69) is 24.1 Å². The van der Waals surface area contributed by atoms with Gasteiger partial charge in [0.25, 0.3) is 0 Å². The first kappa shape index (κ1) is 28.2. The number of likely N-dealkylation sites (tertiary alicyclic amines) is 1. The molecule has 1 atom stereocenters. The number of benzene rings is 2. The molecule has 0 spiro atoms. The maximum atomic E-state index is 13.3. The number of nitrogens with one attached hydrogen (secondary N) is 1. The minimum Gasteiger partial charge on any atom is -0.374 e. The number of alkyl halides is 6. The van der Waals surface area contributed by atoms with E-state index in [0.29, 0.717) is 18.2 Å². The van der Waals surface area contributed by atoms with Gasteiger partial charge in [-0.25, -0.2) is 4.79 Å². The van der Waals surface area contributed by atoms with Gasteiger partial charge < -0.3 is 19.9 Å². The van der Waals surface area contributed by atoms with Crippen molar-refractivity contribution < 1.29 is 35.9 Å². The van der Waals surface area contributed by atoms with Gasteiger partial charge in [0, 0.05) is 25.2 Å². The number of carbonyl (C=O) groups is 1. The highest BCUT2D eigenvalue weighted by atomic mass is 19.4. The Morgan fingerprint density at radius 1 is 0.974 bits per heavy atom. The van der Waals surface area contributed by atoms with Crippen molar-refractivity contribution in [3.63, 3.8) is 0 Å². The summed E-state index contributed by atoms with van der Waals surface area (Å²) in [7, 11) is 0. The number of piperidine rings is 1. The summed E-state index contributed by atoms with van der Waals surface area (Å²) in [6, 6.07) is 10.6. The van der Waals surface area contributed by atoms with Gasteiger partial charge in [-0.2, -0.15) is 26.3 Å². The molecule has 2 heterocycles. The predicted molar refractivity (Wildman–Crippen MR) is 129 cm³/mol. The first-order chi connectivity index (χ1) is 17.8. The Balaban J connectivity index is 1.53. The molecule has 0 bridgehead atoms. The predicted octanol–water partition coefficient (Wildman–Crippen LogP) is 6.03. The maximum absolute atomic E-state index is 13.3. The second-order valence-corrected chi connectivity index (χ2v) is 10.3. The van der Waals surface area contributed by atoms with Crippen LogP contribution in [0.4, 0.5) is 31.1 Å². The van der Waals surface area contributed by atoms with Gasteiger partial charge in [-0.05, 0) is 56.0 Å². The number of rotatable bonds is 7. The lowest BCUT2D eigenvalue weighted by molar-refractivity contribution is -0.143. The standard InChI is InChI=1S/C27H31F6N3O2/c1-18(2)35-10-8-23(9-11-35)36-16-25(34-24(36)37,20-6-4-3-5-7-20)17-38-15-19-12-21(26(28,29)30)14-22(13-19)27(31,32)33/h3-7,12-14,18,23H,8-11,15-17H2,1-2H3,(H,34,37). The SMILES string of the molecule is CC(C)N1CCC(N2CC(COCc3cc(C(F)(F)F)cc(C(F)(F)F)c3)(c3ccccc3)NC2=O)CC1. The third kappa shape index (κ3) is 6.26. The van der Waals surface area contributed by atoms with E-state index in [-0.39, 0.29) is 36.9 Å². The number of halogens is 6. The summed E-state index contributed by atoms with van der Waals surface area (Å²) in [5.41, 5.74) is -3.29. The molecule has 4 rings (SSSR count). The van der Waals surface area contributed by atoms with E-state index in [1.165, 1.54) is 0 Å². The topological polar surface area (TPSA) is 44.8 Å². The molecule has 0 saturated carbocycles. The normalized spacial score (nSPS) is 21.8. The Morgan fingerprint density at radius 3 is 2.08 bits per heavy atom. The Kier molecular flexibility index (Phi) is 7.99. The molecule has 38 heavy (non-hydrogen) atoms. The van der Waals surface area contributed by atoms with Gasteiger partial charge in [-0.3, -0.25) is 0 Å². The highest BCUT2D eigenvalue weighted by Gasteiger charge is 2.47. The highest BCUT2D eigenvalue weighted by Crippen LogP contribution is 2.37. The van der Waals surface area contributed by atoms with Crippen molar-refractivity contribution in [3.8, 4) is 0 Å². The van der Waals surface area contributed by atoms with Crippen LogP contribution in [0.25, 0.3) is 0 Å². The van der Waals surface area contributed by atoms with Crippen LogP contribution in [-0.4, -0.2) is 54.2 Å². The molecule has 0 radical (unpaired) electrons. The van der Waals surface area contributed by atoms with Gasteiger partial charge in [0.2, 0.25) is 0 Å². The fourth-order valence-corrected chi connectivity index (χ4v) is 5.22. The molecule has 0 aliphatic carbocycles. The molecule has 2 saturated heterocycles. The fourth-order valence-electron chi connectivity index (χ4n) is 5.22. The number of nitrogens with zero attached hydrogens (tertiary/aromatic N) is 2. The lowest BCUT2D eigenvalue weighted by Gasteiger charge is -2.38. The van der Waals surface area contributed by atoms with Gasteiger partial charge in [0.15, 0.2) is 0 Å². The zero-order chi connectivity index (χ0) is 27.7. The largest absolute Gasteiger partial charge is 0.416 e. The molecular formula is C27H31F6N3O2. The summed E-state index contributed by atoms with van der Waals surface area (Å²) in [5, 5.41) is 3.01. The lowest BCUT2D eigenvalue weighted by Crippen LogP contribution is -2.48. The Labute approximate surface area is 217 Å². The number of carbonyl (C=O) groups excluding carboxylic acids is 1. The molecule has 2 amide bonds. The molecule has 1 N–H and O–H groups in total. The Morgan fingerprint density at radius 2 is 1.55 bits per heavy atom. The first-order valence-electron chi connectivity index (χ1n) is 12.5. The monoisotopic (exact) mass is 543 g/mol. The summed E-state index contributed by atoms with van der Waals surface area (Å²) >= 11 is 0. The second-order valence-electron chi connectivity index (χ2n) is 10.3. The molecule has 2 aliphatic rings. The quantitative estimate of drug-likeness (QED) is 0.434. The molecule has 0 aromatic heterocycles. The second kappa shape index (κ2) is 10.8. The number of amides is 2. The van der Waals surface area contributed by atoms with Crippen LogP contribution in [0.3, 0.4) is 0 Å². The van der Waals surface area contributed by atoms with E-state index in [0.717, 1.165) is 31.5 Å². The van der Waals surface area contributed by atoms with Crippen LogP contribution >= 0.6 is 0 Å². The lowest BCUT2D eigenvalue weighted by atomic mass is 9.90. The van der Waals surface area contributed by atoms with E-state index in [4.69, 9.17) is 4.74 Å². The highest BCUT2D eigenvalue weighted by molar-refractivity contribution is 5.79. The molecule has 2 aromatic rings. The molecule has 1 unspecified atom stereocenters. The van der Waals surface area contributed by atoms with Crippen molar-refractivity contribution in [2.45, 2.75) is 63.3 Å². The van der Waals surface area contributed by atoms with Crippen LogP contribution in [0.2, 0.25) is 0 Å². The first-order valence-corrected chi connectivity index (χ1v) is 12.5. The van der Waals surface area contributed by atoms with E-state index >= 15 is 0 Å². The van der Waals surface area contributed by atoms with E-state index < -0.39 is 35.6 Å². The molecule has 208 valence electrons. The molecule has 2 fully saturated rings. The van der Waals surface area contributed by atoms with Crippen molar-refractivity contribution in [1.82, 2.24) is 15.1 Å². The van der Waals surface area contributed by atoms with Gasteiger partial charge in [0.05, 0.1) is 30.9 Å². The summed E-state index contributed by atoms with van der Waals surface area (Å²) in [6.45, 7) is 5.64. The summed E-state index contributed by atoms with van der Waals surface area (Å²) in [5.74, 6) is 0. The van der Waals surface area contributed by atoms with E-state index in [1.807, 2.05) is 18.2 Å². The summed E-state index contributed by atoms with van der Waals surface area (Å²) in [6.07, 6.45) is -8.26. The van der Waals surface area contributed by atoms with Crippen molar-refractivity contribution in [2.24, 2.45) is 0 Å². The maximum Gasteiger partial charge on any atom is 0.416 e. The molecule has 2 aromatic carbocycles. The summed E-state index contributed by atoms with van der Waals surface area (Å²) in [4.78, 5) is 17.2. The number of hydrogen-bond acceptors (Lipinski definition) is 3. The number of hydrogen-bond donors (Lipinski definition) is 1. The van der Waals surface area contributed by atoms with Crippen molar-refractivity contribution in [3.05, 3.63) is 70.8 Å². The van der Waals surface area contributed by atoms with Crippen LogP contribution in [0.15, 0.2) is 48.5 Å². The minimum atomic E-state index is -4.94. The van der Waals surface area contributed by atoms with E-state index in [1.54, 1.807) is 17.0 Å². The van der Waals surface area contributed by atoms with Crippen LogP contribution in [0.5, 0.6) is 0 Å². The van der Waals surface area contributed by atoms with Crippen LogP contribution in [0, 0.1) is 0 Å². The van der Waals surface area contributed by atoms with Crippen LogP contribution < -0.4 is 5.32 Å². The number of urea groups is 1. The van der Waals surface area contributed by atoms with Gasteiger partial charge >= 0.3 is 18.4 Å². The average molecular weight is 544 g/mol. The smallest absolute Gasteiger partial charge is 0.374 e.